The Labute approximate surface area is 81.9 Å². The summed E-state index contributed by atoms with van der Waals surface area (Å²) < 4.78 is 0. The van der Waals surface area contributed by atoms with Crippen molar-refractivity contribution in [2.24, 2.45) is 0 Å². The smallest absolute Gasteiger partial charge is 0.0695 e. The lowest BCUT2D eigenvalue weighted by molar-refractivity contribution is 0.0705. The Morgan fingerprint density at radius 1 is 1.15 bits per heavy atom. The molecule has 1 aliphatic rings. The van der Waals surface area contributed by atoms with Crippen LogP contribution in [0, 0.1) is 0 Å². The Hall–Kier alpha value is -0.0800. The molecule has 2 atom stereocenters. The minimum absolute atomic E-state index is 0.0573. The molecule has 0 aromatic carbocycles. The molecule has 2 nitrogen and oxygen atoms in total. The highest BCUT2D eigenvalue weighted by Gasteiger charge is 2.29. The fraction of sp³-hybridized carbons (Fsp3) is 1.00. The highest BCUT2D eigenvalue weighted by Crippen LogP contribution is 2.24. The molecule has 78 valence electrons. The van der Waals surface area contributed by atoms with Gasteiger partial charge in [0.25, 0.3) is 0 Å². The first kappa shape index (κ1) is 11.0. The fourth-order valence-corrected chi connectivity index (χ4v) is 2.36. The Bertz CT molecular complexity index is 132. The van der Waals surface area contributed by atoms with E-state index in [1.54, 1.807) is 0 Å². The van der Waals surface area contributed by atoms with Crippen LogP contribution in [0.25, 0.3) is 0 Å². The topological polar surface area (TPSA) is 23.5 Å². The van der Waals surface area contributed by atoms with Gasteiger partial charge in [0.2, 0.25) is 0 Å². The van der Waals surface area contributed by atoms with Crippen LogP contribution in [0.15, 0.2) is 0 Å². The summed E-state index contributed by atoms with van der Waals surface area (Å²) in [5.41, 5.74) is 0. The average Bonchev–Trinajstić information content (AvgIpc) is 2.51. The maximum absolute atomic E-state index is 9.77. The van der Waals surface area contributed by atoms with Crippen molar-refractivity contribution in [3.8, 4) is 0 Å². The van der Waals surface area contributed by atoms with Crippen LogP contribution in [0.1, 0.15) is 46.0 Å². The largest absolute Gasteiger partial charge is 0.391 e. The molecular weight excluding hydrogens is 162 g/mol. The molecule has 1 N–H and O–H groups in total. The molecule has 1 saturated carbocycles. The molecule has 0 bridgehead atoms. The number of aliphatic hydroxyl groups is 1. The van der Waals surface area contributed by atoms with E-state index in [0.717, 1.165) is 19.5 Å². The van der Waals surface area contributed by atoms with Crippen LogP contribution in [-0.4, -0.2) is 35.2 Å². The van der Waals surface area contributed by atoms with Gasteiger partial charge in [-0.3, -0.25) is 4.90 Å². The van der Waals surface area contributed by atoms with Crippen LogP contribution >= 0.6 is 0 Å². The molecule has 2 heteroatoms. The summed E-state index contributed by atoms with van der Waals surface area (Å²) in [5.74, 6) is 0. The second-order valence-corrected chi connectivity index (χ2v) is 4.10. The predicted octanol–water partition coefficient (Wildman–Crippen LogP) is 2.02. The van der Waals surface area contributed by atoms with Crippen molar-refractivity contribution in [1.29, 1.82) is 0 Å². The van der Waals surface area contributed by atoms with E-state index in [1.807, 2.05) is 0 Å². The quantitative estimate of drug-likeness (QED) is 0.708. The van der Waals surface area contributed by atoms with Gasteiger partial charge in [-0.05, 0) is 45.2 Å². The molecule has 13 heavy (non-hydrogen) atoms. The lowest BCUT2D eigenvalue weighted by Crippen LogP contribution is -2.41. The number of aliphatic hydroxyl groups excluding tert-OH is 1. The molecule has 0 spiro atoms. The SMILES string of the molecule is CCCN(CCC)[C@@H]1CCC[C@H]1O. The van der Waals surface area contributed by atoms with Crippen LogP contribution < -0.4 is 0 Å². The van der Waals surface area contributed by atoms with Gasteiger partial charge in [0.05, 0.1) is 6.10 Å². The van der Waals surface area contributed by atoms with Crippen molar-refractivity contribution in [2.45, 2.75) is 58.1 Å². The van der Waals surface area contributed by atoms with Gasteiger partial charge in [0.15, 0.2) is 0 Å². The van der Waals surface area contributed by atoms with E-state index < -0.39 is 0 Å². The Morgan fingerprint density at radius 3 is 2.15 bits per heavy atom. The molecule has 0 heterocycles. The monoisotopic (exact) mass is 185 g/mol. The molecule has 0 aromatic rings. The summed E-state index contributed by atoms with van der Waals surface area (Å²) in [4.78, 5) is 2.47. The van der Waals surface area contributed by atoms with E-state index in [9.17, 15) is 5.11 Å². The van der Waals surface area contributed by atoms with Gasteiger partial charge in [-0.1, -0.05) is 13.8 Å². The first-order valence-electron chi connectivity index (χ1n) is 5.71. The highest BCUT2D eigenvalue weighted by atomic mass is 16.3. The van der Waals surface area contributed by atoms with Gasteiger partial charge in [0.1, 0.15) is 0 Å². The minimum atomic E-state index is -0.0573. The van der Waals surface area contributed by atoms with Crippen LogP contribution in [0.4, 0.5) is 0 Å². The van der Waals surface area contributed by atoms with Crippen molar-refractivity contribution < 1.29 is 5.11 Å². The summed E-state index contributed by atoms with van der Waals surface area (Å²) in [6.07, 6.45) is 5.75. The summed E-state index contributed by atoms with van der Waals surface area (Å²) >= 11 is 0. The van der Waals surface area contributed by atoms with Crippen LogP contribution in [0.5, 0.6) is 0 Å². The summed E-state index contributed by atoms with van der Waals surface area (Å²) in [6, 6.07) is 0.458. The third-order valence-corrected chi connectivity index (χ3v) is 2.93. The molecular formula is C11H23NO. The van der Waals surface area contributed by atoms with Crippen molar-refractivity contribution >= 4 is 0 Å². The second kappa shape index (κ2) is 5.61. The van der Waals surface area contributed by atoms with E-state index in [2.05, 4.69) is 18.7 Å². The molecule has 0 aromatic heterocycles. The van der Waals surface area contributed by atoms with Crippen molar-refractivity contribution in [3.05, 3.63) is 0 Å². The number of rotatable bonds is 5. The lowest BCUT2D eigenvalue weighted by atomic mass is 10.1. The minimum Gasteiger partial charge on any atom is -0.391 e. The standard InChI is InChI=1S/C11H23NO/c1-3-8-12(9-4-2)10-6-5-7-11(10)13/h10-11,13H,3-9H2,1-2H3/t10-,11-/m1/s1. The van der Waals surface area contributed by atoms with E-state index in [0.29, 0.717) is 6.04 Å². The van der Waals surface area contributed by atoms with Gasteiger partial charge >= 0.3 is 0 Å². The number of nitrogens with zero attached hydrogens (tertiary/aromatic N) is 1. The van der Waals surface area contributed by atoms with E-state index >= 15 is 0 Å². The molecule has 1 fully saturated rings. The van der Waals surface area contributed by atoms with Gasteiger partial charge in [-0.15, -0.1) is 0 Å². The summed E-state index contributed by atoms with van der Waals surface area (Å²) in [5, 5.41) is 9.77. The highest BCUT2D eigenvalue weighted by molar-refractivity contribution is 4.84. The van der Waals surface area contributed by atoms with E-state index in [4.69, 9.17) is 0 Å². The zero-order valence-electron chi connectivity index (χ0n) is 9.00. The third-order valence-electron chi connectivity index (χ3n) is 2.93. The molecule has 1 rings (SSSR count). The molecule has 0 unspecified atom stereocenters. The maximum Gasteiger partial charge on any atom is 0.0695 e. The number of hydrogen-bond acceptors (Lipinski definition) is 2. The van der Waals surface area contributed by atoms with Crippen molar-refractivity contribution in [1.82, 2.24) is 4.90 Å². The number of hydrogen-bond donors (Lipinski definition) is 1. The van der Waals surface area contributed by atoms with Crippen molar-refractivity contribution in [2.75, 3.05) is 13.1 Å². The van der Waals surface area contributed by atoms with E-state index in [1.165, 1.54) is 25.7 Å². The lowest BCUT2D eigenvalue weighted by Gasteiger charge is -2.30. The van der Waals surface area contributed by atoms with Gasteiger partial charge in [0, 0.05) is 6.04 Å². The normalized spacial score (nSPS) is 28.6. The zero-order chi connectivity index (χ0) is 9.68. The summed E-state index contributed by atoms with van der Waals surface area (Å²) in [7, 11) is 0. The Kier molecular flexibility index (Phi) is 4.74. The average molecular weight is 185 g/mol. The van der Waals surface area contributed by atoms with Gasteiger partial charge in [-0.2, -0.15) is 0 Å². The van der Waals surface area contributed by atoms with Crippen molar-refractivity contribution in [3.63, 3.8) is 0 Å². The molecule has 0 amide bonds. The molecule has 0 radical (unpaired) electrons. The Balaban J connectivity index is 2.42. The van der Waals surface area contributed by atoms with Crippen LogP contribution in [-0.2, 0) is 0 Å². The zero-order valence-corrected chi connectivity index (χ0v) is 9.00. The first-order valence-corrected chi connectivity index (χ1v) is 5.71. The van der Waals surface area contributed by atoms with Gasteiger partial charge < -0.3 is 5.11 Å². The fourth-order valence-electron chi connectivity index (χ4n) is 2.36. The second-order valence-electron chi connectivity index (χ2n) is 4.10. The predicted molar refractivity (Wildman–Crippen MR) is 55.8 cm³/mol. The van der Waals surface area contributed by atoms with Gasteiger partial charge in [-0.25, -0.2) is 0 Å². The first-order chi connectivity index (χ1) is 6.29. The van der Waals surface area contributed by atoms with Crippen LogP contribution in [0.3, 0.4) is 0 Å². The summed E-state index contributed by atoms with van der Waals surface area (Å²) in [6.45, 7) is 6.72. The molecule has 0 saturated heterocycles. The van der Waals surface area contributed by atoms with E-state index in [-0.39, 0.29) is 6.10 Å². The molecule has 1 aliphatic carbocycles. The third kappa shape index (κ3) is 2.96. The van der Waals surface area contributed by atoms with Crippen LogP contribution in [0.2, 0.25) is 0 Å². The molecule has 0 aliphatic heterocycles. The maximum atomic E-state index is 9.77. The Morgan fingerprint density at radius 2 is 1.77 bits per heavy atom.